The van der Waals surface area contributed by atoms with E-state index < -0.39 is 51.7 Å². The van der Waals surface area contributed by atoms with Gasteiger partial charge in [0.1, 0.15) is 22.8 Å². The van der Waals surface area contributed by atoms with Gasteiger partial charge in [0.25, 0.3) is 11.8 Å². The first kappa shape index (κ1) is 39.8. The standard InChI is InChI=1S/C19H19BrN4O5S.C18H28O3S/c1-19(2)23(16(26)12(24(19)21-29)10-6-4-3-5-7-10)14-15(25)22-13(18(27)28)11(8-20)9-30-17(14)22;1-3-4-5-6-7-8-11-22(19)15(2)12-16-9-10-17-18(13-16)21-14-20-17/h3-7,12,14,17H,8-9H2,1-2H3,(H,27,28);9-10,13,15H,3-8,11-12,14H2,1-2H3/t12?,14?,17-;/m1./s1. The predicted molar refractivity (Wildman–Crippen MR) is 205 cm³/mol. The number of halogens is 1. The third kappa shape index (κ3) is 8.20. The van der Waals surface area contributed by atoms with Crippen molar-refractivity contribution in [1.82, 2.24) is 14.8 Å². The second-order valence-electron chi connectivity index (χ2n) is 13.7. The van der Waals surface area contributed by atoms with Gasteiger partial charge in [-0.15, -0.1) is 16.7 Å². The fourth-order valence-electron chi connectivity index (χ4n) is 7.07. The van der Waals surface area contributed by atoms with Crippen molar-refractivity contribution in [3.63, 3.8) is 0 Å². The minimum atomic E-state index is -1.17. The Morgan fingerprint density at radius 2 is 1.75 bits per heavy atom. The largest absolute Gasteiger partial charge is 0.477 e. The number of carbonyl (C=O) groups is 3. The Morgan fingerprint density at radius 3 is 2.42 bits per heavy atom. The molecule has 0 spiro atoms. The molecule has 12 nitrogen and oxygen atoms in total. The van der Waals surface area contributed by atoms with Crippen LogP contribution in [0.4, 0.5) is 0 Å². The lowest BCUT2D eigenvalue weighted by atomic mass is 9.98. The predicted octanol–water partition coefficient (Wildman–Crippen LogP) is 6.76. The molecule has 0 radical (unpaired) electrons. The molecule has 4 aliphatic rings. The van der Waals surface area contributed by atoms with Gasteiger partial charge in [-0.25, -0.2) is 9.80 Å². The van der Waals surface area contributed by atoms with Crippen molar-refractivity contribution in [1.29, 1.82) is 0 Å². The van der Waals surface area contributed by atoms with E-state index in [0.717, 1.165) is 30.1 Å². The fourth-order valence-corrected chi connectivity index (χ4v) is 10.5. The molecule has 2 aromatic carbocycles. The van der Waals surface area contributed by atoms with Crippen LogP contribution in [0.1, 0.15) is 83.4 Å². The minimum Gasteiger partial charge on any atom is -0.477 e. The fraction of sp³-hybridized carbons (Fsp3) is 0.541. The van der Waals surface area contributed by atoms with Crippen LogP contribution in [0, 0.1) is 4.91 Å². The Hall–Kier alpha value is -3.43. The molecule has 0 aliphatic carbocycles. The number of β-lactam (4-membered cyclic amide) rings is 1. The molecule has 2 fully saturated rings. The number of benzene rings is 2. The van der Waals surface area contributed by atoms with E-state index in [2.05, 4.69) is 35.1 Å². The highest BCUT2D eigenvalue weighted by molar-refractivity contribution is 9.09. The molecule has 5 atom stereocenters. The quantitative estimate of drug-likeness (QED) is 0.0886. The summed E-state index contributed by atoms with van der Waals surface area (Å²) in [6.07, 6.45) is 8.32. The molecule has 0 saturated carbocycles. The molecular weight excluding hydrogens is 772 g/mol. The summed E-state index contributed by atoms with van der Waals surface area (Å²) >= 11 is 4.69. The molecule has 2 aromatic rings. The summed E-state index contributed by atoms with van der Waals surface area (Å²) in [5.74, 6) is 0.832. The number of unbranched alkanes of at least 4 members (excludes halogenated alkanes) is 5. The van der Waals surface area contributed by atoms with Gasteiger partial charge >= 0.3 is 5.97 Å². The molecule has 2 saturated heterocycles. The Kier molecular flexibility index (Phi) is 13.5. The number of hydrogen-bond donors (Lipinski definition) is 1. The monoisotopic (exact) mass is 818 g/mol. The molecule has 0 bridgehead atoms. The number of carbonyl (C=O) groups excluding carboxylic acids is 2. The molecule has 1 N–H and O–H groups in total. The van der Waals surface area contributed by atoms with E-state index in [9.17, 15) is 28.6 Å². The Labute approximate surface area is 320 Å². The maximum atomic E-state index is 13.5. The van der Waals surface area contributed by atoms with Gasteiger partial charge in [0.2, 0.25) is 6.79 Å². The van der Waals surface area contributed by atoms with Gasteiger partial charge in [0.05, 0.1) is 5.29 Å². The topological polar surface area (TPSA) is 146 Å². The summed E-state index contributed by atoms with van der Waals surface area (Å²) in [6.45, 7) is 7.94. The summed E-state index contributed by atoms with van der Waals surface area (Å²) in [4.78, 5) is 52.7. The summed E-state index contributed by atoms with van der Waals surface area (Å²) in [7, 11) is -0.743. The first-order valence-corrected chi connectivity index (χ1v) is 21.2. The van der Waals surface area contributed by atoms with Gasteiger partial charge in [-0.05, 0) is 55.5 Å². The van der Waals surface area contributed by atoms with Crippen LogP contribution in [0.5, 0.6) is 11.5 Å². The number of aliphatic carboxylic acids is 1. The van der Waals surface area contributed by atoms with E-state index in [-0.39, 0.29) is 10.9 Å². The van der Waals surface area contributed by atoms with Crippen molar-refractivity contribution in [2.24, 2.45) is 5.29 Å². The van der Waals surface area contributed by atoms with Gasteiger partial charge < -0.3 is 19.5 Å². The number of nitroso groups, excluding NO2 is 1. The molecule has 4 unspecified atom stereocenters. The lowest BCUT2D eigenvalue weighted by molar-refractivity contribution is -0.164. The van der Waals surface area contributed by atoms with Crippen molar-refractivity contribution in [2.45, 2.75) is 101 Å². The second-order valence-corrected chi connectivity index (χ2v) is 17.4. The lowest BCUT2D eigenvalue weighted by Crippen LogP contribution is -2.73. The number of amides is 2. The van der Waals surface area contributed by atoms with Crippen LogP contribution in [0.15, 0.2) is 65.1 Å². The highest BCUT2D eigenvalue weighted by Crippen LogP contribution is 2.49. The van der Waals surface area contributed by atoms with Crippen molar-refractivity contribution in [3.05, 3.63) is 75.8 Å². The number of hydrogen-bond acceptors (Lipinski definition) is 9. The maximum absolute atomic E-state index is 13.5. The number of thioether (sulfide) groups is 1. The number of rotatable bonds is 15. The second kappa shape index (κ2) is 17.6. The molecule has 15 heteroatoms. The van der Waals surface area contributed by atoms with Crippen LogP contribution in [0.2, 0.25) is 0 Å². The average Bonchev–Trinajstić information content (AvgIpc) is 3.68. The van der Waals surface area contributed by atoms with Gasteiger partial charge in [-0.3, -0.25) is 18.7 Å². The van der Waals surface area contributed by atoms with Crippen molar-refractivity contribution in [2.75, 3.05) is 23.6 Å². The van der Waals surface area contributed by atoms with Crippen molar-refractivity contribution >= 4 is 56.3 Å². The first-order valence-electron chi connectivity index (χ1n) is 17.7. The number of ether oxygens (including phenoxy) is 2. The summed E-state index contributed by atoms with van der Waals surface area (Å²) in [5, 5.41) is 13.9. The SMILES string of the molecule is CC1(C)N(N=O)C(c2ccccc2)C(=O)N1C1C(=O)N2C(C(=O)O)=C(CBr)CS[C@H]12.CCCCCCCCS(=O)C(C)Cc1ccc2c(c1)OCO2. The zero-order chi connectivity index (χ0) is 37.6. The average molecular weight is 820 g/mol. The highest BCUT2D eigenvalue weighted by atomic mass is 79.9. The molecular formula is C37H47BrN4O8S2. The zero-order valence-electron chi connectivity index (χ0n) is 30.0. The highest BCUT2D eigenvalue weighted by Gasteiger charge is 2.64. The van der Waals surface area contributed by atoms with Crippen LogP contribution >= 0.6 is 27.7 Å². The lowest BCUT2D eigenvalue weighted by Gasteiger charge is -2.54. The van der Waals surface area contributed by atoms with Gasteiger partial charge in [0, 0.05) is 32.9 Å². The molecule has 4 aliphatic heterocycles. The Bertz CT molecular complexity index is 1690. The molecule has 282 valence electrons. The van der Waals surface area contributed by atoms with E-state index in [1.165, 1.54) is 64.2 Å². The minimum absolute atomic E-state index is 0.0358. The van der Waals surface area contributed by atoms with Crippen molar-refractivity contribution < 1.29 is 33.2 Å². The van der Waals surface area contributed by atoms with Gasteiger partial charge in [-0.1, -0.05) is 98.3 Å². The van der Waals surface area contributed by atoms with Crippen LogP contribution < -0.4 is 9.47 Å². The Balaban J connectivity index is 0.000000212. The van der Waals surface area contributed by atoms with E-state index >= 15 is 0 Å². The summed E-state index contributed by atoms with van der Waals surface area (Å²) < 4.78 is 23.0. The maximum Gasteiger partial charge on any atom is 0.352 e. The van der Waals surface area contributed by atoms with E-state index in [1.54, 1.807) is 44.2 Å². The van der Waals surface area contributed by atoms with Gasteiger partial charge in [-0.2, -0.15) is 0 Å². The first-order chi connectivity index (χ1) is 25.0. The summed E-state index contributed by atoms with van der Waals surface area (Å²) in [5.41, 5.74) is 1.19. The Morgan fingerprint density at radius 1 is 1.06 bits per heavy atom. The molecule has 0 aromatic heterocycles. The summed E-state index contributed by atoms with van der Waals surface area (Å²) in [6, 6.07) is 13.0. The number of carboxylic acid groups (broad SMARTS) is 1. The van der Waals surface area contributed by atoms with Crippen LogP contribution in [0.3, 0.4) is 0 Å². The number of fused-ring (bicyclic) bond motifs is 2. The van der Waals surface area contributed by atoms with E-state index in [4.69, 9.17) is 9.47 Å². The zero-order valence-corrected chi connectivity index (χ0v) is 33.2. The smallest absolute Gasteiger partial charge is 0.352 e. The normalized spacial score (nSPS) is 22.7. The third-order valence-electron chi connectivity index (χ3n) is 9.84. The van der Waals surface area contributed by atoms with Crippen LogP contribution in [-0.2, 0) is 31.6 Å². The third-order valence-corrected chi connectivity index (χ3v) is 13.6. The molecule has 2 amide bonds. The van der Waals surface area contributed by atoms with Crippen LogP contribution in [-0.4, -0.2) is 87.9 Å². The molecule has 4 heterocycles. The number of carboxylic acids is 1. The molecule has 6 rings (SSSR count). The van der Waals surface area contributed by atoms with Crippen molar-refractivity contribution in [3.8, 4) is 11.5 Å². The van der Waals surface area contributed by atoms with E-state index in [1.807, 2.05) is 18.2 Å². The van der Waals surface area contributed by atoms with Gasteiger partial charge in [0.15, 0.2) is 17.5 Å². The number of alkyl halides is 1. The van der Waals surface area contributed by atoms with E-state index in [0.29, 0.717) is 29.0 Å². The molecule has 52 heavy (non-hydrogen) atoms. The number of nitrogens with zero attached hydrogens (tertiary/aromatic N) is 4. The van der Waals surface area contributed by atoms with Crippen LogP contribution in [0.25, 0.3) is 0 Å².